The average molecular weight is 818 g/mol. The van der Waals surface area contributed by atoms with Crippen molar-refractivity contribution in [2.24, 2.45) is 7.05 Å². The van der Waals surface area contributed by atoms with Crippen molar-refractivity contribution in [3.05, 3.63) is 108 Å². The third-order valence-electron chi connectivity index (χ3n) is 10.8. The number of fused-ring (bicyclic) bond motifs is 2. The molecule has 1 saturated heterocycles. The van der Waals surface area contributed by atoms with E-state index in [9.17, 15) is 19.8 Å². The molecule has 13 nitrogen and oxygen atoms in total. The Labute approximate surface area is 350 Å². The largest absolute Gasteiger partial charge is 0.493 e. The summed E-state index contributed by atoms with van der Waals surface area (Å²) in [4.78, 5) is 30.0. The number of morpholine rings is 1. The maximum atomic E-state index is 13.4. The number of aromatic nitrogens is 3. The summed E-state index contributed by atoms with van der Waals surface area (Å²) in [5.74, 6) is 0.396. The first kappa shape index (κ1) is 42.1. The predicted molar refractivity (Wildman–Crippen MR) is 232 cm³/mol. The van der Waals surface area contributed by atoms with E-state index in [4.69, 9.17) is 24.0 Å². The molecule has 316 valence electrons. The van der Waals surface area contributed by atoms with Crippen molar-refractivity contribution in [3.8, 4) is 22.6 Å². The molecule has 2 aromatic heterocycles. The molecule has 0 spiro atoms. The fourth-order valence-corrected chi connectivity index (χ4v) is 7.99. The van der Waals surface area contributed by atoms with Crippen LogP contribution in [0.25, 0.3) is 32.8 Å². The lowest BCUT2D eigenvalue weighted by Crippen LogP contribution is -2.36. The molecule has 1 aliphatic heterocycles. The Hall–Kier alpha value is -6.05. The fraction of sp³-hybridized carbons (Fsp3) is 0.383. The summed E-state index contributed by atoms with van der Waals surface area (Å²) in [6, 6.07) is 27.8. The van der Waals surface area contributed by atoms with Crippen LogP contribution in [-0.4, -0.2) is 93.6 Å². The third-order valence-corrected chi connectivity index (χ3v) is 10.8. The second-order valence-electron chi connectivity index (χ2n) is 16.1. The normalized spacial score (nSPS) is 13.2. The van der Waals surface area contributed by atoms with Crippen LogP contribution < -0.4 is 14.4 Å². The van der Waals surface area contributed by atoms with Gasteiger partial charge in [-0.15, -0.1) is 0 Å². The van der Waals surface area contributed by atoms with Gasteiger partial charge in [-0.25, -0.2) is 9.59 Å². The van der Waals surface area contributed by atoms with E-state index in [-0.39, 0.29) is 18.9 Å². The van der Waals surface area contributed by atoms with Crippen LogP contribution in [0, 0.1) is 0 Å². The number of aliphatic hydroxyl groups is 1. The first-order chi connectivity index (χ1) is 28.9. The minimum atomic E-state index is -1.06. The zero-order chi connectivity index (χ0) is 42.4. The van der Waals surface area contributed by atoms with Gasteiger partial charge in [0.1, 0.15) is 35.1 Å². The van der Waals surface area contributed by atoms with E-state index >= 15 is 0 Å². The van der Waals surface area contributed by atoms with Crippen LogP contribution in [0.4, 0.5) is 10.5 Å². The highest BCUT2D eigenvalue weighted by Gasteiger charge is 2.28. The summed E-state index contributed by atoms with van der Waals surface area (Å²) < 4.78 is 27.2. The van der Waals surface area contributed by atoms with Crippen molar-refractivity contribution < 1.29 is 38.7 Å². The second-order valence-corrected chi connectivity index (χ2v) is 16.1. The molecule has 0 radical (unpaired) electrons. The van der Waals surface area contributed by atoms with Crippen LogP contribution in [0.3, 0.4) is 0 Å². The summed E-state index contributed by atoms with van der Waals surface area (Å²) in [5.41, 5.74) is 4.61. The molecule has 3 heterocycles. The summed E-state index contributed by atoms with van der Waals surface area (Å²) in [6.45, 7) is 9.35. The quantitative estimate of drug-likeness (QED) is 0.0922. The number of carbonyl (C=O) groups excluding carboxylic acids is 1. The van der Waals surface area contributed by atoms with Crippen LogP contribution in [0.1, 0.15) is 61.1 Å². The Bertz CT molecular complexity index is 2440. The average Bonchev–Trinajstić information content (AvgIpc) is 3.74. The van der Waals surface area contributed by atoms with Crippen LogP contribution in [-0.2, 0) is 42.7 Å². The number of nitrogens with zero attached hydrogens (tertiary/aromatic N) is 5. The Morgan fingerprint density at radius 3 is 2.35 bits per heavy atom. The number of anilines is 1. The molecule has 1 fully saturated rings. The first-order valence-corrected chi connectivity index (χ1v) is 20.6. The van der Waals surface area contributed by atoms with Crippen molar-refractivity contribution in [2.45, 2.75) is 65.4 Å². The summed E-state index contributed by atoms with van der Waals surface area (Å²) in [5, 5.41) is 29.4. The van der Waals surface area contributed by atoms with Crippen molar-refractivity contribution in [3.63, 3.8) is 0 Å². The highest BCUT2D eigenvalue weighted by atomic mass is 16.6. The SMILES string of the molecule is CN(CCCn1c(C(=O)O)c(CCCOc2cccc3ccccc23)c2cccc(-c3c(COc4ccc(N5CCOCC5)cc4)nn(C)c3CO)c21)C(=O)OC(C)(C)C. The molecule has 1 amide bonds. The summed E-state index contributed by atoms with van der Waals surface area (Å²) in [7, 11) is 3.46. The maximum absolute atomic E-state index is 13.4. The zero-order valence-electron chi connectivity index (χ0n) is 35.1. The summed E-state index contributed by atoms with van der Waals surface area (Å²) in [6.07, 6.45) is 1.00. The van der Waals surface area contributed by atoms with Crippen molar-refractivity contribution in [1.29, 1.82) is 0 Å². The Kier molecular flexibility index (Phi) is 13.0. The van der Waals surface area contributed by atoms with Crippen molar-refractivity contribution >= 4 is 39.4 Å². The van der Waals surface area contributed by atoms with E-state index in [0.717, 1.165) is 46.2 Å². The van der Waals surface area contributed by atoms with Gasteiger partial charge in [0.15, 0.2) is 0 Å². The van der Waals surface area contributed by atoms with Crippen LogP contribution in [0.5, 0.6) is 11.5 Å². The van der Waals surface area contributed by atoms with Gasteiger partial charge in [0.2, 0.25) is 0 Å². The number of aromatic carboxylic acids is 1. The minimum absolute atomic E-state index is 0.113. The van der Waals surface area contributed by atoms with Gasteiger partial charge in [-0.05, 0) is 81.3 Å². The Balaban J connectivity index is 1.22. The van der Waals surface area contributed by atoms with Gasteiger partial charge in [-0.3, -0.25) is 4.68 Å². The van der Waals surface area contributed by atoms with Crippen LogP contribution in [0.2, 0.25) is 0 Å². The van der Waals surface area contributed by atoms with Gasteiger partial charge in [0, 0.05) is 67.9 Å². The van der Waals surface area contributed by atoms with Crippen LogP contribution in [0.15, 0.2) is 84.9 Å². The molecule has 0 atom stereocenters. The lowest BCUT2D eigenvalue weighted by Gasteiger charge is -2.28. The number of carbonyl (C=O) groups is 2. The number of carboxylic acids is 1. The van der Waals surface area contributed by atoms with Gasteiger partial charge in [-0.1, -0.05) is 54.6 Å². The number of aliphatic hydroxyl groups excluding tert-OH is 1. The molecule has 0 bridgehead atoms. The van der Waals surface area contributed by atoms with Gasteiger partial charge >= 0.3 is 12.1 Å². The molecule has 1 aliphatic rings. The number of para-hydroxylation sites is 1. The summed E-state index contributed by atoms with van der Waals surface area (Å²) >= 11 is 0. The number of ether oxygens (including phenoxy) is 4. The number of hydrogen-bond donors (Lipinski definition) is 2. The number of rotatable bonds is 16. The maximum Gasteiger partial charge on any atom is 0.410 e. The number of carboxylic acid groups (broad SMARTS) is 1. The molecule has 4 aromatic carbocycles. The molecule has 0 saturated carbocycles. The number of hydrogen-bond acceptors (Lipinski definition) is 9. The van der Waals surface area contributed by atoms with Crippen molar-refractivity contribution in [1.82, 2.24) is 19.2 Å². The topological polar surface area (TPSA) is 141 Å². The monoisotopic (exact) mass is 817 g/mol. The van der Waals surface area contributed by atoms with E-state index in [1.807, 2.05) is 110 Å². The number of benzene rings is 4. The molecule has 0 unspecified atom stereocenters. The lowest BCUT2D eigenvalue weighted by molar-refractivity contribution is 0.0294. The Morgan fingerprint density at radius 2 is 1.62 bits per heavy atom. The predicted octanol–water partition coefficient (Wildman–Crippen LogP) is 8.07. The second kappa shape index (κ2) is 18.5. The Morgan fingerprint density at radius 1 is 0.900 bits per heavy atom. The standard InChI is InChI=1S/C47H55N5O8/c1-47(2,3)60-46(56)49(4)23-11-24-52-43-36(37(44(52)45(54)55)17-10-27-58-41-18-8-13-32-12-6-7-14-35(32)41)15-9-16-38(43)42-39(48-50(5)40(42)30-53)31-59-34-21-19-33(20-22-34)51-25-28-57-29-26-51/h6-9,12-16,18-22,53H,10-11,17,23-31H2,1-5H3,(H,54,55). The molecule has 13 heteroatoms. The smallest absolute Gasteiger partial charge is 0.410 e. The van der Waals surface area contributed by atoms with E-state index < -0.39 is 17.7 Å². The van der Waals surface area contributed by atoms with E-state index in [2.05, 4.69) is 4.90 Å². The zero-order valence-corrected chi connectivity index (χ0v) is 35.1. The molecular weight excluding hydrogens is 763 g/mol. The highest BCUT2D eigenvalue weighted by Crippen LogP contribution is 2.39. The molecule has 7 rings (SSSR count). The third kappa shape index (κ3) is 9.37. The van der Waals surface area contributed by atoms with Crippen molar-refractivity contribution in [2.75, 3.05) is 51.4 Å². The lowest BCUT2D eigenvalue weighted by atomic mass is 9.98. The molecule has 0 aliphatic carbocycles. The van der Waals surface area contributed by atoms with Gasteiger partial charge < -0.3 is 43.5 Å². The van der Waals surface area contributed by atoms with Crippen LogP contribution >= 0.6 is 0 Å². The van der Waals surface area contributed by atoms with E-state index in [0.29, 0.717) is 86.0 Å². The fourth-order valence-electron chi connectivity index (χ4n) is 7.99. The number of aryl methyl sites for hydroxylation is 3. The minimum Gasteiger partial charge on any atom is -0.493 e. The van der Waals surface area contributed by atoms with E-state index in [1.54, 1.807) is 18.8 Å². The molecule has 2 N–H and O–H groups in total. The highest BCUT2D eigenvalue weighted by molar-refractivity contribution is 6.04. The van der Waals surface area contributed by atoms with Gasteiger partial charge in [-0.2, -0.15) is 5.10 Å². The molecule has 6 aromatic rings. The number of amides is 1. The molecule has 60 heavy (non-hydrogen) atoms. The van der Waals surface area contributed by atoms with Gasteiger partial charge in [0.25, 0.3) is 0 Å². The molecular formula is C47H55N5O8. The van der Waals surface area contributed by atoms with E-state index in [1.165, 1.54) is 4.90 Å². The van der Waals surface area contributed by atoms with Gasteiger partial charge in [0.05, 0.1) is 37.6 Å². The first-order valence-electron chi connectivity index (χ1n) is 20.6.